The van der Waals surface area contributed by atoms with Crippen LogP contribution in [-0.2, 0) is 4.79 Å². The molecule has 10 nitrogen and oxygen atoms in total. The van der Waals surface area contributed by atoms with E-state index < -0.39 is 11.9 Å². The van der Waals surface area contributed by atoms with Crippen LogP contribution in [0.2, 0.25) is 0 Å². The second-order valence-corrected chi connectivity index (χ2v) is 5.80. The van der Waals surface area contributed by atoms with Gasteiger partial charge in [0, 0.05) is 33.2 Å². The molecule has 0 aliphatic carbocycles. The third-order valence-corrected chi connectivity index (χ3v) is 3.59. The van der Waals surface area contributed by atoms with Crippen molar-refractivity contribution in [3.05, 3.63) is 11.4 Å². The quantitative estimate of drug-likeness (QED) is 0.247. The molecule has 0 saturated heterocycles. The van der Waals surface area contributed by atoms with Crippen molar-refractivity contribution in [2.75, 3.05) is 37.4 Å². The van der Waals surface area contributed by atoms with Crippen molar-refractivity contribution in [1.82, 2.24) is 15.3 Å². The molecule has 1 heterocycles. The summed E-state index contributed by atoms with van der Waals surface area (Å²) in [4.78, 5) is 43.9. The molecule has 5 N–H and O–H groups in total. The van der Waals surface area contributed by atoms with Crippen molar-refractivity contribution in [3.63, 3.8) is 0 Å². The standard InChI is InChI=1S/C17H27N5O5/c1-3-8-19-16-13(11(24)6-4-5-10-23)21-15(18-2)14(22-16)17(27)20-9-7-12(25)26/h23H,3-10H2,1-2H3,(H,18,21)(H,19,22)(H,20,27)(H,25,26). The van der Waals surface area contributed by atoms with Gasteiger partial charge in [-0.3, -0.25) is 14.4 Å². The van der Waals surface area contributed by atoms with Gasteiger partial charge in [0.1, 0.15) is 0 Å². The van der Waals surface area contributed by atoms with Crippen LogP contribution in [0.4, 0.5) is 11.6 Å². The third-order valence-electron chi connectivity index (χ3n) is 3.59. The van der Waals surface area contributed by atoms with Crippen molar-refractivity contribution < 1.29 is 24.6 Å². The van der Waals surface area contributed by atoms with Crippen LogP contribution < -0.4 is 16.0 Å². The number of nitrogens with zero attached hydrogens (tertiary/aromatic N) is 2. The maximum Gasteiger partial charge on any atom is 0.305 e. The molecule has 0 unspecified atom stereocenters. The van der Waals surface area contributed by atoms with Gasteiger partial charge in [-0.05, 0) is 19.3 Å². The summed E-state index contributed by atoms with van der Waals surface area (Å²) in [5.41, 5.74) is 0.112. The number of carbonyl (C=O) groups is 3. The number of anilines is 2. The Hall–Kier alpha value is -2.75. The number of hydrogen-bond donors (Lipinski definition) is 5. The van der Waals surface area contributed by atoms with E-state index in [0.29, 0.717) is 19.4 Å². The lowest BCUT2D eigenvalue weighted by atomic mass is 10.1. The molecule has 0 aromatic carbocycles. The Morgan fingerprint density at radius 3 is 2.30 bits per heavy atom. The Labute approximate surface area is 157 Å². The van der Waals surface area contributed by atoms with E-state index in [4.69, 9.17) is 10.2 Å². The zero-order valence-electron chi connectivity index (χ0n) is 15.7. The summed E-state index contributed by atoms with van der Waals surface area (Å²) in [6, 6.07) is 0. The number of hydrogen-bond acceptors (Lipinski definition) is 8. The molecule has 1 aromatic heterocycles. The largest absolute Gasteiger partial charge is 0.481 e. The average molecular weight is 381 g/mol. The third kappa shape index (κ3) is 7.18. The van der Waals surface area contributed by atoms with Gasteiger partial charge in [-0.1, -0.05) is 6.92 Å². The molecule has 0 saturated carbocycles. The predicted molar refractivity (Wildman–Crippen MR) is 100 cm³/mol. The monoisotopic (exact) mass is 381 g/mol. The molecule has 0 radical (unpaired) electrons. The van der Waals surface area contributed by atoms with Crippen molar-refractivity contribution in [2.45, 2.75) is 39.0 Å². The first-order chi connectivity index (χ1) is 12.9. The highest BCUT2D eigenvalue weighted by Crippen LogP contribution is 2.20. The summed E-state index contributed by atoms with van der Waals surface area (Å²) in [6.07, 6.45) is 1.82. The van der Waals surface area contributed by atoms with Crippen LogP contribution in [0.3, 0.4) is 0 Å². The van der Waals surface area contributed by atoms with Crippen LogP contribution >= 0.6 is 0 Å². The van der Waals surface area contributed by atoms with Crippen LogP contribution in [0.5, 0.6) is 0 Å². The van der Waals surface area contributed by atoms with Crippen LogP contribution in [0, 0.1) is 0 Å². The second kappa shape index (κ2) is 11.8. The maximum atomic E-state index is 12.5. The normalized spacial score (nSPS) is 10.3. The zero-order chi connectivity index (χ0) is 20.2. The van der Waals surface area contributed by atoms with Gasteiger partial charge in [-0.25, -0.2) is 9.97 Å². The maximum absolute atomic E-state index is 12.5. The summed E-state index contributed by atoms with van der Waals surface area (Å²) < 4.78 is 0. The van der Waals surface area contributed by atoms with Crippen LogP contribution in [0.15, 0.2) is 0 Å². The molecular weight excluding hydrogens is 354 g/mol. The Morgan fingerprint density at radius 2 is 1.70 bits per heavy atom. The fourth-order valence-electron chi connectivity index (χ4n) is 2.21. The van der Waals surface area contributed by atoms with E-state index in [2.05, 4.69) is 25.9 Å². The molecule has 27 heavy (non-hydrogen) atoms. The predicted octanol–water partition coefficient (Wildman–Crippen LogP) is 0.890. The molecule has 0 atom stereocenters. The number of carboxylic acids is 1. The smallest absolute Gasteiger partial charge is 0.305 e. The molecule has 0 aliphatic heterocycles. The van der Waals surface area contributed by atoms with Gasteiger partial charge in [0.25, 0.3) is 5.91 Å². The summed E-state index contributed by atoms with van der Waals surface area (Å²) in [7, 11) is 1.55. The Balaban J connectivity index is 3.11. The van der Waals surface area contributed by atoms with Gasteiger partial charge in [0.05, 0.1) is 6.42 Å². The van der Waals surface area contributed by atoms with Gasteiger partial charge in [-0.15, -0.1) is 0 Å². The molecular formula is C17H27N5O5. The number of ketones is 1. The molecule has 0 bridgehead atoms. The minimum Gasteiger partial charge on any atom is -0.481 e. The minimum atomic E-state index is -1.02. The second-order valence-electron chi connectivity index (χ2n) is 5.80. The highest BCUT2D eigenvalue weighted by atomic mass is 16.4. The average Bonchev–Trinajstić information content (AvgIpc) is 2.65. The van der Waals surface area contributed by atoms with Crippen LogP contribution in [0.1, 0.15) is 60.0 Å². The first-order valence-corrected chi connectivity index (χ1v) is 8.92. The van der Waals surface area contributed by atoms with E-state index in [-0.39, 0.29) is 54.8 Å². The number of nitrogens with one attached hydrogen (secondary N) is 3. The first-order valence-electron chi connectivity index (χ1n) is 8.92. The van der Waals surface area contributed by atoms with Gasteiger partial charge < -0.3 is 26.2 Å². The molecule has 150 valence electrons. The van der Waals surface area contributed by atoms with Crippen molar-refractivity contribution in [1.29, 1.82) is 0 Å². The number of amides is 1. The molecule has 1 rings (SSSR count). The lowest BCUT2D eigenvalue weighted by Gasteiger charge is -2.14. The topological polar surface area (TPSA) is 154 Å². The summed E-state index contributed by atoms with van der Waals surface area (Å²) in [5.74, 6) is -1.48. The van der Waals surface area contributed by atoms with E-state index in [0.717, 1.165) is 6.42 Å². The number of aromatic nitrogens is 2. The Bertz CT molecular complexity index is 665. The van der Waals surface area contributed by atoms with Crippen molar-refractivity contribution in [3.8, 4) is 0 Å². The summed E-state index contributed by atoms with van der Waals surface area (Å²) in [5, 5.41) is 25.8. The molecule has 1 aromatic rings. The van der Waals surface area contributed by atoms with E-state index in [1.54, 1.807) is 7.05 Å². The fraction of sp³-hybridized carbons (Fsp3) is 0.588. The molecule has 10 heteroatoms. The number of rotatable bonds is 13. The number of aliphatic carboxylic acids is 1. The minimum absolute atomic E-state index is 0.0110. The van der Waals surface area contributed by atoms with E-state index in [1.165, 1.54) is 0 Å². The van der Waals surface area contributed by atoms with Gasteiger partial charge in [0.2, 0.25) is 0 Å². The summed E-state index contributed by atoms with van der Waals surface area (Å²) in [6.45, 7) is 2.46. The number of aliphatic hydroxyl groups excluding tert-OH is 1. The highest BCUT2D eigenvalue weighted by Gasteiger charge is 2.22. The number of Topliss-reactive ketones (excluding diaryl/α,β-unsaturated/α-hetero) is 1. The Morgan fingerprint density at radius 1 is 1.00 bits per heavy atom. The van der Waals surface area contributed by atoms with Crippen molar-refractivity contribution in [2.24, 2.45) is 0 Å². The van der Waals surface area contributed by atoms with E-state index in [1.807, 2.05) is 6.92 Å². The number of carboxylic acid groups (broad SMARTS) is 1. The molecule has 0 fully saturated rings. The first kappa shape index (κ1) is 22.3. The number of aliphatic hydroxyl groups is 1. The molecule has 0 aliphatic rings. The number of carbonyl (C=O) groups excluding carboxylic acids is 2. The van der Waals surface area contributed by atoms with Crippen molar-refractivity contribution >= 4 is 29.3 Å². The molecule has 1 amide bonds. The molecule has 0 spiro atoms. The van der Waals surface area contributed by atoms with E-state index >= 15 is 0 Å². The highest BCUT2D eigenvalue weighted by molar-refractivity contribution is 6.02. The van der Waals surface area contributed by atoms with Crippen LogP contribution in [0.25, 0.3) is 0 Å². The Kier molecular flexibility index (Phi) is 9.73. The fourth-order valence-corrected chi connectivity index (χ4v) is 2.21. The van der Waals surface area contributed by atoms with E-state index in [9.17, 15) is 14.4 Å². The summed E-state index contributed by atoms with van der Waals surface area (Å²) >= 11 is 0. The van der Waals surface area contributed by atoms with Gasteiger partial charge >= 0.3 is 5.97 Å². The van der Waals surface area contributed by atoms with Crippen LogP contribution in [-0.4, -0.2) is 64.6 Å². The lowest BCUT2D eigenvalue weighted by Crippen LogP contribution is -2.29. The lowest BCUT2D eigenvalue weighted by molar-refractivity contribution is -0.136. The van der Waals surface area contributed by atoms with Gasteiger partial charge in [-0.2, -0.15) is 0 Å². The zero-order valence-corrected chi connectivity index (χ0v) is 15.7. The van der Waals surface area contributed by atoms with Gasteiger partial charge in [0.15, 0.2) is 28.8 Å². The number of unbranched alkanes of at least 4 members (excludes halogenated alkanes) is 1. The SMILES string of the molecule is CCCNc1nc(C(=O)NCCC(=O)O)c(NC)nc1C(=O)CCCCO.